The molecule has 0 radical (unpaired) electrons. The highest BCUT2D eigenvalue weighted by molar-refractivity contribution is 5.77. The monoisotopic (exact) mass is 400 g/mol. The lowest BCUT2D eigenvalue weighted by molar-refractivity contribution is -0.124. The molecule has 1 aliphatic heterocycles. The van der Waals surface area contributed by atoms with E-state index in [1.54, 1.807) is 0 Å². The van der Waals surface area contributed by atoms with Crippen molar-refractivity contribution >= 4 is 16.9 Å². The fraction of sp³-hybridized carbons (Fsp3) is 0.636. The Balaban J connectivity index is 1.27. The number of carbonyl (C=O) groups excluding carboxylic acids is 1. The van der Waals surface area contributed by atoms with Gasteiger partial charge in [-0.3, -0.25) is 9.69 Å². The Labute approximate surface area is 172 Å². The number of nitrogens with zero attached hydrogens (tertiary/aromatic N) is 3. The molecular formula is C22H32N4O3. The van der Waals surface area contributed by atoms with Crippen LogP contribution in [0.15, 0.2) is 24.3 Å². The van der Waals surface area contributed by atoms with Crippen molar-refractivity contribution < 1.29 is 14.6 Å². The van der Waals surface area contributed by atoms with Gasteiger partial charge in [0.1, 0.15) is 5.82 Å². The predicted molar refractivity (Wildman–Crippen MR) is 112 cm³/mol. The van der Waals surface area contributed by atoms with Crippen LogP contribution in [-0.4, -0.2) is 70.0 Å². The molecule has 3 atom stereocenters. The molecule has 2 fully saturated rings. The Bertz CT molecular complexity index is 831. The number of nitrogens with one attached hydrogen (secondary N) is 1. The van der Waals surface area contributed by atoms with E-state index < -0.39 is 6.10 Å². The van der Waals surface area contributed by atoms with Crippen LogP contribution in [0.3, 0.4) is 0 Å². The number of ether oxygens (including phenoxy) is 1. The number of amides is 1. The van der Waals surface area contributed by atoms with Crippen LogP contribution in [0.2, 0.25) is 0 Å². The SMILES string of the molecule is Cn1c(CCCC(=O)N[C@@H]2CCC[C@@H](N3CCOCC3)[C@@H]2O)nc2ccccc21. The number of hydrogen-bond donors (Lipinski definition) is 2. The summed E-state index contributed by atoms with van der Waals surface area (Å²) in [6.45, 7) is 3.17. The zero-order valence-electron chi connectivity index (χ0n) is 17.2. The van der Waals surface area contributed by atoms with Crippen LogP contribution in [0.1, 0.15) is 37.9 Å². The minimum atomic E-state index is -0.509. The first-order chi connectivity index (χ1) is 14.1. The maximum Gasteiger partial charge on any atom is 0.220 e. The normalized spacial score (nSPS) is 25.9. The standard InChI is InChI=1S/C22H32N4O3/c1-25-18-8-3-2-6-16(18)23-20(25)10-5-11-21(27)24-17-7-4-9-19(22(17)28)26-12-14-29-15-13-26/h2-3,6,8,17,19,22,28H,4-5,7,9-15H2,1H3,(H,24,27)/t17-,19-,22-/m1/s1. The minimum absolute atomic E-state index is 0.0236. The van der Waals surface area contributed by atoms with Gasteiger partial charge in [-0.15, -0.1) is 0 Å². The zero-order valence-corrected chi connectivity index (χ0v) is 17.2. The van der Waals surface area contributed by atoms with Gasteiger partial charge >= 0.3 is 0 Å². The van der Waals surface area contributed by atoms with E-state index in [0.29, 0.717) is 6.42 Å². The molecule has 158 valence electrons. The lowest BCUT2D eigenvalue weighted by atomic mass is 9.86. The Hall–Kier alpha value is -1.96. The maximum atomic E-state index is 12.5. The summed E-state index contributed by atoms with van der Waals surface area (Å²) in [5, 5.41) is 13.9. The van der Waals surface area contributed by atoms with Crippen LogP contribution in [-0.2, 0) is 23.0 Å². The molecule has 1 aliphatic carbocycles. The van der Waals surface area contributed by atoms with Crippen LogP contribution in [0.5, 0.6) is 0 Å². The highest BCUT2D eigenvalue weighted by Gasteiger charge is 2.36. The molecule has 2 aliphatic rings. The molecule has 7 nitrogen and oxygen atoms in total. The number of aliphatic hydroxyl groups excluding tert-OH is 1. The number of morpholine rings is 1. The van der Waals surface area contributed by atoms with E-state index in [1.807, 2.05) is 25.2 Å². The highest BCUT2D eigenvalue weighted by atomic mass is 16.5. The second kappa shape index (κ2) is 9.24. The first kappa shape index (κ1) is 20.3. The van der Waals surface area contributed by atoms with Crippen LogP contribution < -0.4 is 5.32 Å². The van der Waals surface area contributed by atoms with Gasteiger partial charge in [0.05, 0.1) is 36.4 Å². The summed E-state index contributed by atoms with van der Waals surface area (Å²) in [6.07, 6.45) is 4.32. The van der Waals surface area contributed by atoms with Gasteiger partial charge in [-0.2, -0.15) is 0 Å². The predicted octanol–water partition coefficient (Wildman–Crippen LogP) is 1.63. The molecule has 4 rings (SSSR count). The summed E-state index contributed by atoms with van der Waals surface area (Å²) in [4.78, 5) is 19.5. The molecule has 1 saturated carbocycles. The van der Waals surface area contributed by atoms with E-state index >= 15 is 0 Å². The van der Waals surface area contributed by atoms with E-state index in [4.69, 9.17) is 4.74 Å². The van der Waals surface area contributed by atoms with E-state index in [1.165, 1.54) is 0 Å². The number of para-hydroxylation sites is 2. The van der Waals surface area contributed by atoms with Crippen molar-refractivity contribution in [3.05, 3.63) is 30.1 Å². The molecule has 0 bridgehead atoms. The average molecular weight is 401 g/mol. The molecule has 1 aromatic carbocycles. The van der Waals surface area contributed by atoms with Gasteiger partial charge in [-0.25, -0.2) is 4.98 Å². The Morgan fingerprint density at radius 1 is 1.28 bits per heavy atom. The number of benzene rings is 1. The molecule has 2 N–H and O–H groups in total. The molecule has 7 heteroatoms. The lowest BCUT2D eigenvalue weighted by Gasteiger charge is -2.43. The molecular weight excluding hydrogens is 368 g/mol. The third kappa shape index (κ3) is 4.63. The van der Waals surface area contributed by atoms with Crippen molar-refractivity contribution in [2.24, 2.45) is 7.05 Å². The average Bonchev–Trinajstić information content (AvgIpc) is 3.06. The van der Waals surface area contributed by atoms with Gasteiger partial charge in [0, 0.05) is 39.0 Å². The van der Waals surface area contributed by atoms with E-state index in [9.17, 15) is 9.90 Å². The molecule has 1 saturated heterocycles. The third-order valence-electron chi connectivity index (χ3n) is 6.37. The fourth-order valence-corrected chi connectivity index (χ4v) is 4.73. The van der Waals surface area contributed by atoms with E-state index in [0.717, 1.165) is 75.3 Å². The molecule has 2 aromatic rings. The van der Waals surface area contributed by atoms with Gasteiger partial charge in [0.15, 0.2) is 0 Å². The topological polar surface area (TPSA) is 79.6 Å². The van der Waals surface area contributed by atoms with Crippen molar-refractivity contribution in [3.63, 3.8) is 0 Å². The maximum absolute atomic E-state index is 12.5. The third-order valence-corrected chi connectivity index (χ3v) is 6.37. The van der Waals surface area contributed by atoms with Crippen molar-refractivity contribution in [2.75, 3.05) is 26.3 Å². The van der Waals surface area contributed by atoms with Gasteiger partial charge in [0.2, 0.25) is 5.91 Å². The van der Waals surface area contributed by atoms with Crippen molar-refractivity contribution in [2.45, 2.75) is 56.7 Å². The number of hydrogen-bond acceptors (Lipinski definition) is 5. The summed E-state index contributed by atoms with van der Waals surface area (Å²) in [6, 6.07) is 8.06. The zero-order chi connectivity index (χ0) is 20.2. The minimum Gasteiger partial charge on any atom is -0.389 e. The molecule has 29 heavy (non-hydrogen) atoms. The summed E-state index contributed by atoms with van der Waals surface area (Å²) >= 11 is 0. The van der Waals surface area contributed by atoms with Crippen LogP contribution in [0.25, 0.3) is 11.0 Å². The Morgan fingerprint density at radius 3 is 2.86 bits per heavy atom. The largest absolute Gasteiger partial charge is 0.389 e. The summed E-state index contributed by atoms with van der Waals surface area (Å²) < 4.78 is 7.53. The van der Waals surface area contributed by atoms with Crippen LogP contribution in [0.4, 0.5) is 0 Å². The van der Waals surface area contributed by atoms with Crippen molar-refractivity contribution in [1.82, 2.24) is 19.8 Å². The summed E-state index contributed by atoms with van der Waals surface area (Å²) in [7, 11) is 2.02. The fourth-order valence-electron chi connectivity index (χ4n) is 4.73. The number of aryl methyl sites for hydroxylation is 2. The van der Waals surface area contributed by atoms with Crippen molar-refractivity contribution in [3.8, 4) is 0 Å². The number of rotatable bonds is 6. The number of fused-ring (bicyclic) bond motifs is 1. The highest BCUT2D eigenvalue weighted by Crippen LogP contribution is 2.25. The number of carbonyl (C=O) groups is 1. The van der Waals surface area contributed by atoms with Gasteiger partial charge in [-0.1, -0.05) is 12.1 Å². The second-order valence-electron chi connectivity index (χ2n) is 8.24. The Kier molecular flexibility index (Phi) is 6.47. The number of imidazole rings is 1. The smallest absolute Gasteiger partial charge is 0.220 e. The first-order valence-corrected chi connectivity index (χ1v) is 10.8. The van der Waals surface area contributed by atoms with E-state index in [-0.39, 0.29) is 18.0 Å². The Morgan fingerprint density at radius 2 is 2.07 bits per heavy atom. The molecule has 0 spiro atoms. The molecule has 2 heterocycles. The second-order valence-corrected chi connectivity index (χ2v) is 8.24. The van der Waals surface area contributed by atoms with E-state index in [2.05, 4.69) is 25.8 Å². The molecule has 1 aromatic heterocycles. The molecule has 0 unspecified atom stereocenters. The van der Waals surface area contributed by atoms with Crippen LogP contribution in [0, 0.1) is 0 Å². The van der Waals surface area contributed by atoms with Crippen molar-refractivity contribution in [1.29, 1.82) is 0 Å². The summed E-state index contributed by atoms with van der Waals surface area (Å²) in [5.74, 6) is 1.03. The number of aromatic nitrogens is 2. The molecule has 1 amide bonds. The van der Waals surface area contributed by atoms with Crippen LogP contribution >= 0.6 is 0 Å². The lowest BCUT2D eigenvalue weighted by Crippen LogP contribution is -2.58. The summed E-state index contributed by atoms with van der Waals surface area (Å²) in [5.41, 5.74) is 2.11. The quantitative estimate of drug-likeness (QED) is 0.770. The first-order valence-electron chi connectivity index (χ1n) is 10.8. The van der Waals surface area contributed by atoms with Gasteiger partial charge in [-0.05, 0) is 37.8 Å². The van der Waals surface area contributed by atoms with Gasteiger partial charge in [0.25, 0.3) is 0 Å². The number of aliphatic hydroxyl groups is 1. The van der Waals surface area contributed by atoms with Gasteiger partial charge < -0.3 is 19.7 Å².